The standard InChI is InChI=1S/C28H20BrClN2O3/c1-15-2-10-20(11-3-15)31-27(34)23-22-12-6-17-14-19(30)9-13-21(17)32(22)25(24(23)28(31)35)26(33)16-4-7-18(29)8-5-16/h2-14,22-25H,1H3/t22-,23+,24+,25-/m0/s1. The van der Waals surface area contributed by atoms with Crippen LogP contribution in [0.2, 0.25) is 5.02 Å². The Hall–Kier alpha value is -3.22. The van der Waals surface area contributed by atoms with Gasteiger partial charge in [-0.3, -0.25) is 14.4 Å². The molecule has 5 nitrogen and oxygen atoms in total. The zero-order chi connectivity index (χ0) is 24.4. The zero-order valence-electron chi connectivity index (χ0n) is 18.7. The van der Waals surface area contributed by atoms with Crippen molar-refractivity contribution in [2.24, 2.45) is 11.8 Å². The van der Waals surface area contributed by atoms with Gasteiger partial charge in [-0.15, -0.1) is 0 Å². The van der Waals surface area contributed by atoms with E-state index in [0.717, 1.165) is 21.3 Å². The maximum absolute atomic E-state index is 14.0. The molecule has 0 radical (unpaired) electrons. The quantitative estimate of drug-likeness (QED) is 0.313. The van der Waals surface area contributed by atoms with Gasteiger partial charge in [0, 0.05) is 20.7 Å². The van der Waals surface area contributed by atoms with Gasteiger partial charge in [-0.1, -0.05) is 69.5 Å². The number of hydrogen-bond acceptors (Lipinski definition) is 4. The molecule has 0 spiro atoms. The summed E-state index contributed by atoms with van der Waals surface area (Å²) in [4.78, 5) is 44.8. The van der Waals surface area contributed by atoms with Gasteiger partial charge in [0.05, 0.1) is 23.6 Å². The van der Waals surface area contributed by atoms with Crippen LogP contribution in [0.25, 0.3) is 6.08 Å². The smallest absolute Gasteiger partial charge is 0.240 e. The van der Waals surface area contributed by atoms with Crippen LogP contribution in [0.3, 0.4) is 0 Å². The largest absolute Gasteiger partial charge is 0.352 e. The lowest BCUT2D eigenvalue weighted by atomic mass is 9.86. The van der Waals surface area contributed by atoms with E-state index in [2.05, 4.69) is 15.9 Å². The minimum absolute atomic E-state index is 0.182. The lowest BCUT2D eigenvalue weighted by molar-refractivity contribution is -0.122. The molecule has 7 heteroatoms. The predicted octanol–water partition coefficient (Wildman–Crippen LogP) is 5.68. The van der Waals surface area contributed by atoms with Crippen molar-refractivity contribution in [3.63, 3.8) is 0 Å². The summed E-state index contributed by atoms with van der Waals surface area (Å²) in [6, 6.07) is 18.7. The average Bonchev–Trinajstić information content (AvgIpc) is 3.32. The van der Waals surface area contributed by atoms with E-state index < -0.39 is 23.9 Å². The highest BCUT2D eigenvalue weighted by atomic mass is 79.9. The number of halogens is 2. The van der Waals surface area contributed by atoms with Crippen molar-refractivity contribution in [2.45, 2.75) is 19.0 Å². The maximum Gasteiger partial charge on any atom is 0.240 e. The molecule has 2 amide bonds. The molecule has 174 valence electrons. The maximum atomic E-state index is 14.0. The normalized spacial score (nSPS) is 24.4. The summed E-state index contributed by atoms with van der Waals surface area (Å²) < 4.78 is 0.856. The number of anilines is 2. The first kappa shape index (κ1) is 22.3. The second-order valence-corrected chi connectivity index (χ2v) is 10.5. The molecule has 3 aliphatic rings. The Morgan fingerprint density at radius 2 is 1.60 bits per heavy atom. The van der Waals surface area contributed by atoms with Gasteiger partial charge in [0.25, 0.3) is 0 Å². The summed E-state index contributed by atoms with van der Waals surface area (Å²) in [6.07, 6.45) is 3.85. The van der Waals surface area contributed by atoms with Crippen LogP contribution in [-0.4, -0.2) is 29.7 Å². The second kappa shape index (κ2) is 8.18. The molecule has 0 unspecified atom stereocenters. The Balaban J connectivity index is 1.49. The molecule has 0 aliphatic carbocycles. The van der Waals surface area contributed by atoms with Gasteiger partial charge in [0.2, 0.25) is 11.8 Å². The molecule has 3 aromatic carbocycles. The summed E-state index contributed by atoms with van der Waals surface area (Å²) in [5.74, 6) is -2.24. The van der Waals surface area contributed by atoms with E-state index in [1.165, 1.54) is 4.90 Å². The number of hydrogen-bond donors (Lipinski definition) is 0. The minimum Gasteiger partial charge on any atom is -0.352 e. The molecule has 3 heterocycles. The fourth-order valence-corrected chi connectivity index (χ4v) is 6.02. The number of fused-ring (bicyclic) bond motifs is 5. The van der Waals surface area contributed by atoms with Crippen LogP contribution in [0.15, 0.2) is 77.3 Å². The Morgan fingerprint density at radius 1 is 0.914 bits per heavy atom. The lowest BCUT2D eigenvalue weighted by Crippen LogP contribution is -2.48. The number of ketones is 1. The number of benzene rings is 3. The fraction of sp³-hybridized carbons (Fsp3) is 0.179. The van der Waals surface area contributed by atoms with Gasteiger partial charge in [0.1, 0.15) is 6.04 Å². The first-order valence-electron chi connectivity index (χ1n) is 11.4. The molecule has 6 rings (SSSR count). The SMILES string of the molecule is Cc1ccc(N2C(=O)[C@@H]3[C@H](C2=O)[C@@H]2C=Cc4cc(Cl)ccc4N2[C@@H]3C(=O)c2ccc(Br)cc2)cc1. The van der Waals surface area contributed by atoms with Crippen molar-refractivity contribution in [3.05, 3.63) is 99.0 Å². The van der Waals surface area contributed by atoms with E-state index >= 15 is 0 Å². The number of rotatable bonds is 3. The van der Waals surface area contributed by atoms with Crippen LogP contribution in [0.4, 0.5) is 11.4 Å². The third-order valence-corrected chi connectivity index (χ3v) is 7.92. The van der Waals surface area contributed by atoms with Gasteiger partial charge in [-0.25, -0.2) is 4.90 Å². The van der Waals surface area contributed by atoms with Crippen molar-refractivity contribution in [1.29, 1.82) is 0 Å². The monoisotopic (exact) mass is 546 g/mol. The Morgan fingerprint density at radius 3 is 2.31 bits per heavy atom. The predicted molar refractivity (Wildman–Crippen MR) is 140 cm³/mol. The van der Waals surface area contributed by atoms with Crippen LogP contribution < -0.4 is 9.80 Å². The van der Waals surface area contributed by atoms with Crippen LogP contribution >= 0.6 is 27.5 Å². The van der Waals surface area contributed by atoms with Crippen molar-refractivity contribution in [3.8, 4) is 0 Å². The van der Waals surface area contributed by atoms with Crippen LogP contribution in [-0.2, 0) is 9.59 Å². The summed E-state index contributed by atoms with van der Waals surface area (Å²) >= 11 is 9.64. The van der Waals surface area contributed by atoms with E-state index in [0.29, 0.717) is 16.3 Å². The van der Waals surface area contributed by atoms with Crippen LogP contribution in [0.1, 0.15) is 21.5 Å². The zero-order valence-corrected chi connectivity index (χ0v) is 21.0. The topological polar surface area (TPSA) is 57.7 Å². The number of Topliss-reactive ketones (excluding diaryl/α,β-unsaturated/α-hetero) is 1. The molecule has 0 aromatic heterocycles. The van der Waals surface area contributed by atoms with Crippen LogP contribution in [0.5, 0.6) is 0 Å². The lowest BCUT2D eigenvalue weighted by Gasteiger charge is -2.36. The van der Waals surface area contributed by atoms with Crippen molar-refractivity contribution >= 4 is 62.6 Å². The molecule has 2 saturated heterocycles. The number of amides is 2. The van der Waals surface area contributed by atoms with E-state index in [9.17, 15) is 14.4 Å². The minimum atomic E-state index is -0.817. The van der Waals surface area contributed by atoms with Gasteiger partial charge in [-0.05, 0) is 55.0 Å². The van der Waals surface area contributed by atoms with Gasteiger partial charge < -0.3 is 4.90 Å². The molecule has 3 aliphatic heterocycles. The first-order chi connectivity index (χ1) is 16.8. The highest BCUT2D eigenvalue weighted by Gasteiger charge is 2.64. The number of aryl methyl sites for hydroxylation is 1. The van der Waals surface area contributed by atoms with E-state index in [1.54, 1.807) is 42.5 Å². The molecule has 0 bridgehead atoms. The summed E-state index contributed by atoms with van der Waals surface area (Å²) in [7, 11) is 0. The van der Waals surface area contributed by atoms with Crippen molar-refractivity contribution < 1.29 is 14.4 Å². The number of imide groups is 1. The molecule has 2 fully saturated rings. The number of carbonyl (C=O) groups is 3. The molecule has 0 N–H and O–H groups in total. The highest BCUT2D eigenvalue weighted by molar-refractivity contribution is 9.10. The van der Waals surface area contributed by atoms with Crippen molar-refractivity contribution in [2.75, 3.05) is 9.80 Å². The molecule has 0 saturated carbocycles. The molecule has 35 heavy (non-hydrogen) atoms. The van der Waals surface area contributed by atoms with Gasteiger partial charge >= 0.3 is 0 Å². The summed E-state index contributed by atoms with van der Waals surface area (Å²) in [5, 5.41) is 0.583. The first-order valence-corrected chi connectivity index (χ1v) is 12.5. The third kappa shape index (κ3) is 3.39. The van der Waals surface area contributed by atoms with E-state index in [-0.39, 0.29) is 17.6 Å². The highest BCUT2D eigenvalue weighted by Crippen LogP contribution is 2.50. The van der Waals surface area contributed by atoms with Crippen molar-refractivity contribution in [1.82, 2.24) is 0 Å². The molecular weight excluding hydrogens is 528 g/mol. The van der Waals surface area contributed by atoms with Crippen LogP contribution in [0, 0.1) is 18.8 Å². The Labute approximate surface area is 216 Å². The summed E-state index contributed by atoms with van der Waals surface area (Å²) in [6.45, 7) is 1.95. The molecule has 3 aromatic rings. The third-order valence-electron chi connectivity index (χ3n) is 7.16. The summed E-state index contributed by atoms with van der Waals surface area (Å²) in [5.41, 5.74) is 3.73. The Kier molecular flexibility index (Phi) is 5.20. The van der Waals surface area contributed by atoms with Gasteiger partial charge in [0.15, 0.2) is 5.78 Å². The Bertz CT molecular complexity index is 1420. The average molecular weight is 548 g/mol. The molecular formula is C28H20BrClN2O3. The van der Waals surface area contributed by atoms with Gasteiger partial charge in [-0.2, -0.15) is 0 Å². The van der Waals surface area contributed by atoms with E-state index in [1.807, 2.05) is 48.2 Å². The van der Waals surface area contributed by atoms with E-state index in [4.69, 9.17) is 11.6 Å². The molecule has 4 atom stereocenters. The number of nitrogens with zero attached hydrogens (tertiary/aromatic N) is 2. The second-order valence-electron chi connectivity index (χ2n) is 9.18. The number of carbonyl (C=O) groups excluding carboxylic acids is 3. The fourth-order valence-electron chi connectivity index (χ4n) is 5.58.